The summed E-state index contributed by atoms with van der Waals surface area (Å²) in [4.78, 5) is 14.6. The number of aromatic nitrogens is 2. The highest BCUT2D eigenvalue weighted by Crippen LogP contribution is 2.38. The molecule has 1 aromatic heterocycles. The Morgan fingerprint density at radius 2 is 1.78 bits per heavy atom. The molecule has 1 aliphatic carbocycles. The normalized spacial score (nSPS) is 26.5. The Balaban J connectivity index is 1.19. The van der Waals surface area contributed by atoms with Gasteiger partial charge in [-0.15, -0.1) is 0 Å². The van der Waals surface area contributed by atoms with Gasteiger partial charge in [-0.05, 0) is 74.6 Å². The van der Waals surface area contributed by atoms with E-state index in [1.54, 1.807) is 0 Å². The van der Waals surface area contributed by atoms with Crippen molar-refractivity contribution in [3.63, 3.8) is 0 Å². The van der Waals surface area contributed by atoms with Crippen LogP contribution >= 0.6 is 23.2 Å². The molecule has 7 heteroatoms. The molecule has 0 amide bonds. The van der Waals surface area contributed by atoms with E-state index in [0.717, 1.165) is 59.1 Å². The number of piperidine rings is 1. The van der Waals surface area contributed by atoms with Crippen LogP contribution in [-0.2, 0) is 6.54 Å². The fourth-order valence-electron chi connectivity index (χ4n) is 5.48. The molecule has 172 valence electrons. The molecule has 2 saturated heterocycles. The second-order valence-electron chi connectivity index (χ2n) is 10.0. The summed E-state index contributed by atoms with van der Waals surface area (Å²) in [6.45, 7) is 9.67. The SMILES string of the molecule is Cc1nc(N2CC(C3CCCN(C4CC(C)C4)C3)C2)nc(NCc2ccc(Cl)cc2)c1Cl. The molecule has 5 nitrogen and oxygen atoms in total. The van der Waals surface area contributed by atoms with Crippen molar-refractivity contribution >= 4 is 35.0 Å². The van der Waals surface area contributed by atoms with Crippen LogP contribution in [0.3, 0.4) is 0 Å². The molecule has 3 fully saturated rings. The summed E-state index contributed by atoms with van der Waals surface area (Å²) < 4.78 is 0. The minimum Gasteiger partial charge on any atom is -0.365 e. The molecule has 0 spiro atoms. The van der Waals surface area contributed by atoms with E-state index < -0.39 is 0 Å². The third-order valence-electron chi connectivity index (χ3n) is 7.59. The Hall–Kier alpha value is -1.56. The maximum absolute atomic E-state index is 6.52. The first-order valence-electron chi connectivity index (χ1n) is 12.0. The van der Waals surface area contributed by atoms with Crippen molar-refractivity contribution in [3.8, 4) is 0 Å². The van der Waals surface area contributed by atoms with Gasteiger partial charge in [0.2, 0.25) is 5.95 Å². The van der Waals surface area contributed by atoms with Gasteiger partial charge >= 0.3 is 0 Å². The fraction of sp³-hybridized carbons (Fsp3) is 0.600. The molecule has 2 aromatic rings. The zero-order valence-corrected chi connectivity index (χ0v) is 20.5. The second-order valence-corrected chi connectivity index (χ2v) is 10.9. The average molecular weight is 474 g/mol. The summed E-state index contributed by atoms with van der Waals surface area (Å²) >= 11 is 12.5. The van der Waals surface area contributed by atoms with Gasteiger partial charge in [0, 0.05) is 37.2 Å². The third kappa shape index (κ3) is 4.71. The fourth-order valence-corrected chi connectivity index (χ4v) is 5.76. The predicted octanol–water partition coefficient (Wildman–Crippen LogP) is 5.65. The second kappa shape index (κ2) is 9.36. The zero-order valence-electron chi connectivity index (χ0n) is 19.0. The molecule has 3 aliphatic rings. The molecule has 0 radical (unpaired) electrons. The van der Waals surface area contributed by atoms with Gasteiger partial charge in [0.05, 0.1) is 5.69 Å². The highest BCUT2D eigenvalue weighted by Gasteiger charge is 2.40. The molecule has 1 aromatic carbocycles. The number of benzene rings is 1. The lowest BCUT2D eigenvalue weighted by Crippen LogP contribution is -2.56. The molecule has 5 rings (SSSR count). The number of rotatable bonds is 6. The molecule has 1 N–H and O–H groups in total. The van der Waals surface area contributed by atoms with E-state index in [4.69, 9.17) is 33.2 Å². The summed E-state index contributed by atoms with van der Waals surface area (Å²) in [6, 6.07) is 8.66. The number of hydrogen-bond acceptors (Lipinski definition) is 5. The van der Waals surface area contributed by atoms with E-state index >= 15 is 0 Å². The lowest BCUT2D eigenvalue weighted by molar-refractivity contribution is 0.0294. The molecule has 1 saturated carbocycles. The van der Waals surface area contributed by atoms with Gasteiger partial charge in [0.25, 0.3) is 0 Å². The summed E-state index contributed by atoms with van der Waals surface area (Å²) in [6.07, 6.45) is 5.51. The van der Waals surface area contributed by atoms with E-state index in [0.29, 0.717) is 17.4 Å². The monoisotopic (exact) mass is 473 g/mol. The van der Waals surface area contributed by atoms with Crippen molar-refractivity contribution in [2.24, 2.45) is 17.8 Å². The predicted molar refractivity (Wildman–Crippen MR) is 133 cm³/mol. The number of likely N-dealkylation sites (tertiary alicyclic amines) is 1. The van der Waals surface area contributed by atoms with E-state index in [9.17, 15) is 0 Å². The third-order valence-corrected chi connectivity index (χ3v) is 8.30. The van der Waals surface area contributed by atoms with Crippen molar-refractivity contribution in [1.29, 1.82) is 0 Å². The van der Waals surface area contributed by atoms with Crippen LogP contribution in [0.2, 0.25) is 10.0 Å². The van der Waals surface area contributed by atoms with E-state index in [-0.39, 0.29) is 0 Å². The van der Waals surface area contributed by atoms with Crippen LogP contribution in [0.1, 0.15) is 43.9 Å². The first-order chi connectivity index (χ1) is 15.5. The summed E-state index contributed by atoms with van der Waals surface area (Å²) in [5.74, 6) is 3.98. The van der Waals surface area contributed by atoms with Crippen LogP contribution in [0.15, 0.2) is 24.3 Å². The van der Waals surface area contributed by atoms with Crippen LogP contribution in [0.25, 0.3) is 0 Å². The minimum atomic E-state index is 0.595. The number of anilines is 2. The summed E-state index contributed by atoms with van der Waals surface area (Å²) in [5.41, 5.74) is 1.96. The van der Waals surface area contributed by atoms with E-state index in [1.807, 2.05) is 31.2 Å². The molecule has 2 aliphatic heterocycles. The molecular formula is C25H33Cl2N5. The Labute approximate surface area is 201 Å². The maximum atomic E-state index is 6.52. The quantitative estimate of drug-likeness (QED) is 0.586. The van der Waals surface area contributed by atoms with Crippen molar-refractivity contribution < 1.29 is 0 Å². The Kier molecular flexibility index (Phi) is 6.51. The first kappa shape index (κ1) is 22.2. The molecular weight excluding hydrogens is 441 g/mol. The number of halogens is 2. The standard InChI is InChI=1S/C25H33Cl2N5/c1-16-10-22(11-16)31-9-3-4-19(13-31)20-14-32(15-20)25-29-17(2)23(27)24(30-25)28-12-18-5-7-21(26)8-6-18/h5-8,16,19-20,22H,3-4,9-15H2,1-2H3,(H,28,29,30). The van der Waals surface area contributed by atoms with Crippen LogP contribution in [0, 0.1) is 24.7 Å². The molecule has 1 atom stereocenters. The van der Waals surface area contributed by atoms with Crippen molar-refractivity contribution in [2.45, 2.75) is 52.1 Å². The van der Waals surface area contributed by atoms with Crippen LogP contribution in [0.5, 0.6) is 0 Å². The smallest absolute Gasteiger partial charge is 0.227 e. The van der Waals surface area contributed by atoms with Crippen molar-refractivity contribution in [1.82, 2.24) is 14.9 Å². The van der Waals surface area contributed by atoms with E-state index in [2.05, 4.69) is 22.0 Å². The topological polar surface area (TPSA) is 44.3 Å². The number of nitrogens with one attached hydrogen (secondary N) is 1. The van der Waals surface area contributed by atoms with Gasteiger partial charge in [0.1, 0.15) is 5.02 Å². The molecule has 3 heterocycles. The van der Waals surface area contributed by atoms with Crippen LogP contribution in [0.4, 0.5) is 11.8 Å². The number of aryl methyl sites for hydroxylation is 1. The highest BCUT2D eigenvalue weighted by molar-refractivity contribution is 6.33. The highest BCUT2D eigenvalue weighted by atomic mass is 35.5. The van der Waals surface area contributed by atoms with Gasteiger partial charge in [-0.25, -0.2) is 4.98 Å². The Morgan fingerprint density at radius 1 is 1.03 bits per heavy atom. The lowest BCUT2D eigenvalue weighted by Gasteiger charge is -2.50. The first-order valence-corrected chi connectivity index (χ1v) is 12.7. The van der Waals surface area contributed by atoms with Crippen molar-refractivity contribution in [2.75, 3.05) is 36.4 Å². The minimum absolute atomic E-state index is 0.595. The average Bonchev–Trinajstić information content (AvgIpc) is 2.73. The largest absolute Gasteiger partial charge is 0.365 e. The van der Waals surface area contributed by atoms with Gasteiger partial charge in [-0.1, -0.05) is 42.3 Å². The Bertz CT molecular complexity index is 938. The summed E-state index contributed by atoms with van der Waals surface area (Å²) in [5, 5.41) is 4.72. The molecule has 32 heavy (non-hydrogen) atoms. The molecule has 0 bridgehead atoms. The number of hydrogen-bond donors (Lipinski definition) is 1. The van der Waals surface area contributed by atoms with Gasteiger partial charge in [-0.3, -0.25) is 0 Å². The zero-order chi connectivity index (χ0) is 22.2. The molecule has 1 unspecified atom stereocenters. The van der Waals surface area contributed by atoms with Crippen LogP contribution < -0.4 is 10.2 Å². The maximum Gasteiger partial charge on any atom is 0.227 e. The van der Waals surface area contributed by atoms with Gasteiger partial charge in [-0.2, -0.15) is 4.98 Å². The summed E-state index contributed by atoms with van der Waals surface area (Å²) in [7, 11) is 0. The van der Waals surface area contributed by atoms with Crippen LogP contribution in [-0.4, -0.2) is 47.1 Å². The lowest BCUT2D eigenvalue weighted by atomic mass is 9.76. The van der Waals surface area contributed by atoms with Gasteiger partial charge < -0.3 is 15.1 Å². The van der Waals surface area contributed by atoms with E-state index in [1.165, 1.54) is 38.8 Å². The Morgan fingerprint density at radius 3 is 2.50 bits per heavy atom. The van der Waals surface area contributed by atoms with Crippen molar-refractivity contribution in [3.05, 3.63) is 45.6 Å². The number of nitrogens with zero attached hydrogens (tertiary/aromatic N) is 4. The van der Waals surface area contributed by atoms with Gasteiger partial charge in [0.15, 0.2) is 5.82 Å².